The quantitative estimate of drug-likeness (QED) is 0.485. The summed E-state index contributed by atoms with van der Waals surface area (Å²) in [7, 11) is 0. The standard InChI is InChI=1S/C19H13N3O4/c23-19(21-24)13-7-5-12(6-8-13)18-14-9-10-22(25)11-17(14)26-16-4-2-1-3-15(16)20-18/h1-11,20,25H/p+1. The molecule has 2 aromatic rings. The predicted octanol–water partition coefficient (Wildman–Crippen LogP) is 2.68. The highest BCUT2D eigenvalue weighted by Crippen LogP contribution is 2.33. The van der Waals surface area contributed by atoms with Crippen LogP contribution in [0.3, 0.4) is 0 Å². The van der Waals surface area contributed by atoms with Gasteiger partial charge in [-0.1, -0.05) is 24.3 Å². The molecule has 2 aliphatic heterocycles. The van der Waals surface area contributed by atoms with Crippen LogP contribution in [-0.4, -0.2) is 20.8 Å². The van der Waals surface area contributed by atoms with Gasteiger partial charge >= 0.3 is 5.91 Å². The van der Waals surface area contributed by atoms with Gasteiger partial charge in [0.1, 0.15) is 0 Å². The summed E-state index contributed by atoms with van der Waals surface area (Å²) < 4.78 is 6.87. The lowest BCUT2D eigenvalue weighted by molar-refractivity contribution is -0.369. The van der Waals surface area contributed by atoms with E-state index in [-0.39, 0.29) is 5.56 Å². The molecule has 3 N–H and O–H groups in total. The molecule has 7 nitrogen and oxygen atoms in total. The zero-order valence-corrected chi connectivity index (χ0v) is 13.5. The van der Waals surface area contributed by atoms with Gasteiger partial charge in [-0.15, -0.1) is 0 Å². The number of H-pyrrole nitrogens is 1. The number of carbonyl (C=O) groups is 1. The van der Waals surface area contributed by atoms with Crippen molar-refractivity contribution in [2.45, 2.75) is 0 Å². The minimum Gasteiger partial charge on any atom is -0.453 e. The molecular formula is C19H14N3O4+. The molecule has 4 rings (SSSR count). The third-order valence-electron chi connectivity index (χ3n) is 4.07. The highest BCUT2D eigenvalue weighted by molar-refractivity contribution is 5.88. The van der Waals surface area contributed by atoms with Crippen LogP contribution >= 0.6 is 0 Å². The van der Waals surface area contributed by atoms with E-state index in [0.717, 1.165) is 27.1 Å². The topological polar surface area (TPSA) is 102 Å². The minimum atomic E-state index is -0.689. The van der Waals surface area contributed by atoms with E-state index >= 15 is 0 Å². The number of carbonyl (C=O) groups excluding carboxylic acids is 1. The van der Waals surface area contributed by atoms with Gasteiger partial charge < -0.3 is 14.6 Å². The Morgan fingerprint density at radius 1 is 1.08 bits per heavy atom. The van der Waals surface area contributed by atoms with Crippen LogP contribution in [0.4, 0.5) is 0 Å². The number of aromatic amines is 1. The van der Waals surface area contributed by atoms with Crippen molar-refractivity contribution in [1.82, 2.24) is 9.71 Å². The SMILES string of the molecule is O=[NH+]C(=O)c1ccc(-c2[nH]c3ccccc3oc3cn(O)ccc2-3)cc1. The van der Waals surface area contributed by atoms with Gasteiger partial charge in [0, 0.05) is 16.7 Å². The third kappa shape index (κ3) is 2.71. The molecule has 26 heavy (non-hydrogen) atoms. The van der Waals surface area contributed by atoms with Gasteiger partial charge in [-0.3, -0.25) is 0 Å². The molecule has 1 amide bonds. The van der Waals surface area contributed by atoms with Gasteiger partial charge in [0.15, 0.2) is 11.3 Å². The van der Waals surface area contributed by atoms with E-state index in [4.69, 9.17) is 4.42 Å². The lowest BCUT2D eigenvalue weighted by atomic mass is 10.0. The number of hydrogen-bond acceptors (Lipinski definition) is 4. The van der Waals surface area contributed by atoms with Gasteiger partial charge in [-0.05, 0) is 35.9 Å². The minimum absolute atomic E-state index is 0.274. The van der Waals surface area contributed by atoms with Crippen LogP contribution in [0.25, 0.3) is 33.7 Å². The number of fused-ring (bicyclic) bond motifs is 2. The number of nitrogens with zero attached hydrogens (tertiary/aromatic N) is 1. The van der Waals surface area contributed by atoms with Crippen molar-refractivity contribution >= 4 is 17.0 Å². The van der Waals surface area contributed by atoms with Crippen molar-refractivity contribution < 1.29 is 19.6 Å². The summed E-state index contributed by atoms with van der Waals surface area (Å²) in [5, 5.41) is 11.1. The van der Waals surface area contributed by atoms with E-state index in [9.17, 15) is 14.9 Å². The fourth-order valence-electron chi connectivity index (χ4n) is 2.81. The Morgan fingerprint density at radius 3 is 2.62 bits per heavy atom. The number of pyridine rings is 1. The molecule has 0 saturated carbocycles. The molecule has 0 aliphatic carbocycles. The Hall–Kier alpha value is -3.87. The number of para-hydroxylation sites is 2. The summed E-state index contributed by atoms with van der Waals surface area (Å²) in [4.78, 5) is 25.3. The third-order valence-corrected chi connectivity index (χ3v) is 4.07. The number of benzene rings is 2. The van der Waals surface area contributed by atoms with Gasteiger partial charge in [-0.25, -0.2) is 4.79 Å². The first-order valence-corrected chi connectivity index (χ1v) is 7.84. The van der Waals surface area contributed by atoms with Crippen LogP contribution in [0.5, 0.6) is 0 Å². The van der Waals surface area contributed by atoms with Crippen molar-refractivity contribution in [2.75, 3.05) is 0 Å². The Morgan fingerprint density at radius 2 is 1.85 bits per heavy atom. The van der Waals surface area contributed by atoms with Crippen LogP contribution in [0.1, 0.15) is 10.4 Å². The maximum absolute atomic E-state index is 11.5. The van der Waals surface area contributed by atoms with E-state index in [0.29, 0.717) is 11.3 Å². The average molecular weight is 348 g/mol. The zero-order chi connectivity index (χ0) is 18.1. The van der Waals surface area contributed by atoms with E-state index < -0.39 is 5.91 Å². The molecule has 7 heteroatoms. The first-order chi connectivity index (χ1) is 12.7. The highest BCUT2D eigenvalue weighted by Gasteiger charge is 2.16. The molecule has 0 radical (unpaired) electrons. The Labute approximate surface area is 147 Å². The van der Waals surface area contributed by atoms with Gasteiger partial charge in [0.2, 0.25) is 0 Å². The number of hydrogen-bond donors (Lipinski definition) is 3. The van der Waals surface area contributed by atoms with Gasteiger partial charge in [0.05, 0.1) is 28.1 Å². The van der Waals surface area contributed by atoms with Gasteiger partial charge in [0.25, 0.3) is 0 Å². The molecule has 0 fully saturated rings. The second-order valence-corrected chi connectivity index (χ2v) is 5.71. The zero-order valence-electron chi connectivity index (χ0n) is 13.5. The smallest absolute Gasteiger partial charge is 0.453 e. The predicted molar refractivity (Wildman–Crippen MR) is 94.1 cm³/mol. The molecule has 0 unspecified atom stereocenters. The van der Waals surface area contributed by atoms with Crippen molar-refractivity contribution in [3.63, 3.8) is 0 Å². The summed E-state index contributed by atoms with van der Waals surface area (Å²) in [5.41, 5.74) is 3.95. The number of aromatic nitrogens is 2. The Bertz CT molecular complexity index is 1130. The van der Waals surface area contributed by atoms with Crippen LogP contribution in [-0.2, 0) is 0 Å². The van der Waals surface area contributed by atoms with Crippen molar-refractivity contribution in [3.05, 3.63) is 77.5 Å². The lowest BCUT2D eigenvalue weighted by Gasteiger charge is -2.08. The summed E-state index contributed by atoms with van der Waals surface area (Å²) >= 11 is 0. The van der Waals surface area contributed by atoms with Gasteiger partial charge in [-0.2, -0.15) is 4.73 Å². The molecule has 0 spiro atoms. The molecule has 2 aromatic carbocycles. The second kappa shape index (κ2) is 6.21. The molecule has 0 aromatic heterocycles. The van der Waals surface area contributed by atoms with E-state index in [1.165, 1.54) is 17.6 Å². The average Bonchev–Trinajstić information content (AvgIpc) is 2.83. The van der Waals surface area contributed by atoms with E-state index in [1.807, 2.05) is 24.3 Å². The van der Waals surface area contributed by atoms with Crippen LogP contribution in [0, 0.1) is 4.91 Å². The Kier molecular flexibility index (Phi) is 3.74. The first-order valence-electron chi connectivity index (χ1n) is 7.84. The Balaban J connectivity index is 2.00. The van der Waals surface area contributed by atoms with E-state index in [2.05, 4.69) is 4.98 Å². The number of rotatable bonds is 2. The van der Waals surface area contributed by atoms with Crippen LogP contribution in [0.2, 0.25) is 0 Å². The normalized spacial score (nSPS) is 10.8. The van der Waals surface area contributed by atoms with E-state index in [1.54, 1.807) is 30.3 Å². The van der Waals surface area contributed by atoms with Crippen molar-refractivity contribution in [3.8, 4) is 22.6 Å². The van der Waals surface area contributed by atoms with Crippen LogP contribution in [0.15, 0.2) is 71.4 Å². The maximum atomic E-state index is 11.5. The molecule has 0 bridgehead atoms. The lowest BCUT2D eigenvalue weighted by Crippen LogP contribution is -2.69. The molecule has 0 saturated heterocycles. The second-order valence-electron chi connectivity index (χ2n) is 5.71. The number of nitrogens with one attached hydrogen (secondary N) is 2. The fraction of sp³-hybridized carbons (Fsp3) is 0. The summed E-state index contributed by atoms with van der Waals surface area (Å²) in [6.45, 7) is 0. The monoisotopic (exact) mass is 348 g/mol. The fourth-order valence-corrected chi connectivity index (χ4v) is 2.81. The van der Waals surface area contributed by atoms with Crippen LogP contribution < -0.4 is 5.18 Å². The number of amides is 1. The highest BCUT2D eigenvalue weighted by atomic mass is 16.5. The largest absolute Gasteiger partial charge is 0.462 e. The van der Waals surface area contributed by atoms with Crippen molar-refractivity contribution in [2.24, 2.45) is 0 Å². The summed E-state index contributed by atoms with van der Waals surface area (Å²) in [5.74, 6) is -0.213. The summed E-state index contributed by atoms with van der Waals surface area (Å²) in [6, 6.07) is 15.8. The molecule has 0 atom stereocenters. The summed E-state index contributed by atoms with van der Waals surface area (Å²) in [6.07, 6.45) is 2.97. The van der Waals surface area contributed by atoms with Crippen molar-refractivity contribution in [1.29, 1.82) is 0 Å². The molecular weight excluding hydrogens is 334 g/mol. The molecule has 2 heterocycles. The molecule has 128 valence electrons. The number of nitroso groups, excluding NO2 is 1. The first kappa shape index (κ1) is 15.6. The maximum Gasteiger partial charge on any atom is 0.462 e. The molecule has 2 aliphatic rings.